The van der Waals surface area contributed by atoms with E-state index in [1.807, 2.05) is 0 Å². The van der Waals surface area contributed by atoms with Crippen molar-refractivity contribution in [2.24, 2.45) is 0 Å². The van der Waals surface area contributed by atoms with Gasteiger partial charge >= 0.3 is 5.97 Å². The molecule has 1 unspecified atom stereocenters. The van der Waals surface area contributed by atoms with Gasteiger partial charge in [0.2, 0.25) is 5.91 Å². The zero-order chi connectivity index (χ0) is 20.3. The Hall–Kier alpha value is -2.80. The van der Waals surface area contributed by atoms with Gasteiger partial charge in [0.25, 0.3) is 0 Å². The SMILES string of the molecule is CC(C(=O)O)c1ccc(NC(=O)C2(c3ccc(F)cc3F)CCOCC2)cc1. The standard InChI is InChI=1S/C21H21F2NO4/c1-13(19(25)26)14-2-5-16(6-3-14)24-20(27)21(8-10-28-11-9-21)17-7-4-15(22)12-18(17)23/h2-7,12-13H,8-11H2,1H3,(H,24,27)(H,25,26). The van der Waals surface area contributed by atoms with E-state index in [4.69, 9.17) is 9.84 Å². The molecule has 7 heteroatoms. The molecule has 0 bridgehead atoms. The molecule has 0 aromatic heterocycles. The van der Waals surface area contributed by atoms with Gasteiger partial charge in [-0.15, -0.1) is 0 Å². The molecule has 1 heterocycles. The minimum atomic E-state index is -1.16. The highest BCUT2D eigenvalue weighted by Gasteiger charge is 2.43. The number of ether oxygens (including phenoxy) is 1. The van der Waals surface area contributed by atoms with E-state index in [9.17, 15) is 18.4 Å². The topological polar surface area (TPSA) is 75.6 Å². The highest BCUT2D eigenvalue weighted by atomic mass is 19.1. The fourth-order valence-corrected chi connectivity index (χ4v) is 3.46. The molecule has 28 heavy (non-hydrogen) atoms. The number of carboxylic acids is 1. The first-order valence-electron chi connectivity index (χ1n) is 9.01. The highest BCUT2D eigenvalue weighted by Crippen LogP contribution is 2.38. The Morgan fingerprint density at radius 1 is 1.11 bits per heavy atom. The van der Waals surface area contributed by atoms with Crippen molar-refractivity contribution in [2.75, 3.05) is 18.5 Å². The lowest BCUT2D eigenvalue weighted by molar-refractivity contribution is -0.138. The van der Waals surface area contributed by atoms with Crippen LogP contribution in [0, 0.1) is 11.6 Å². The summed E-state index contributed by atoms with van der Waals surface area (Å²) in [5.41, 5.74) is 0.0599. The second-order valence-electron chi connectivity index (χ2n) is 6.95. The first kappa shape index (κ1) is 19.9. The lowest BCUT2D eigenvalue weighted by atomic mass is 9.73. The Kier molecular flexibility index (Phi) is 5.74. The van der Waals surface area contributed by atoms with Gasteiger partial charge in [-0.1, -0.05) is 18.2 Å². The molecular weight excluding hydrogens is 368 g/mol. The fourth-order valence-electron chi connectivity index (χ4n) is 3.46. The van der Waals surface area contributed by atoms with Crippen LogP contribution in [0.1, 0.15) is 36.8 Å². The van der Waals surface area contributed by atoms with E-state index in [1.165, 1.54) is 6.07 Å². The van der Waals surface area contributed by atoms with E-state index in [-0.39, 0.29) is 18.4 Å². The maximum Gasteiger partial charge on any atom is 0.310 e. The molecule has 0 spiro atoms. The normalized spacial score (nSPS) is 17.0. The van der Waals surface area contributed by atoms with E-state index >= 15 is 0 Å². The van der Waals surface area contributed by atoms with Crippen molar-refractivity contribution in [3.05, 3.63) is 65.2 Å². The van der Waals surface area contributed by atoms with Crippen molar-refractivity contribution in [1.29, 1.82) is 0 Å². The third-order valence-electron chi connectivity index (χ3n) is 5.27. The van der Waals surface area contributed by atoms with Crippen molar-refractivity contribution in [1.82, 2.24) is 0 Å². The number of carbonyl (C=O) groups is 2. The number of benzene rings is 2. The Morgan fingerprint density at radius 3 is 2.32 bits per heavy atom. The first-order valence-corrected chi connectivity index (χ1v) is 9.01. The second kappa shape index (κ2) is 8.06. The Labute approximate surface area is 161 Å². The first-order chi connectivity index (χ1) is 13.3. The smallest absolute Gasteiger partial charge is 0.310 e. The number of rotatable bonds is 5. The number of hydrogen-bond donors (Lipinski definition) is 2. The number of carbonyl (C=O) groups excluding carboxylic acids is 1. The number of aliphatic carboxylic acids is 1. The van der Waals surface area contributed by atoms with Crippen molar-refractivity contribution in [2.45, 2.75) is 31.1 Å². The number of halogens is 2. The maximum absolute atomic E-state index is 14.5. The van der Waals surface area contributed by atoms with Gasteiger partial charge < -0.3 is 15.2 Å². The number of anilines is 1. The van der Waals surface area contributed by atoms with Crippen LogP contribution in [0.5, 0.6) is 0 Å². The highest BCUT2D eigenvalue weighted by molar-refractivity contribution is 5.99. The molecule has 1 aliphatic rings. The molecule has 1 amide bonds. The molecule has 1 saturated heterocycles. The van der Waals surface area contributed by atoms with E-state index < -0.39 is 34.8 Å². The van der Waals surface area contributed by atoms with Crippen LogP contribution in [-0.4, -0.2) is 30.2 Å². The number of carboxylic acid groups (broad SMARTS) is 1. The quantitative estimate of drug-likeness (QED) is 0.815. The third kappa shape index (κ3) is 3.89. The molecule has 3 rings (SSSR count). The molecule has 0 saturated carbocycles. The van der Waals surface area contributed by atoms with Gasteiger partial charge in [0.05, 0.1) is 11.3 Å². The van der Waals surface area contributed by atoms with E-state index in [2.05, 4.69) is 5.32 Å². The van der Waals surface area contributed by atoms with Crippen LogP contribution in [-0.2, 0) is 19.7 Å². The minimum absolute atomic E-state index is 0.144. The monoisotopic (exact) mass is 389 g/mol. The number of amides is 1. The summed E-state index contributed by atoms with van der Waals surface area (Å²) in [4.78, 5) is 24.2. The largest absolute Gasteiger partial charge is 0.481 e. The van der Waals surface area contributed by atoms with Crippen LogP contribution in [0.2, 0.25) is 0 Å². The van der Waals surface area contributed by atoms with Crippen LogP contribution < -0.4 is 5.32 Å². The molecule has 2 aromatic rings. The molecule has 2 N–H and O–H groups in total. The van der Waals surface area contributed by atoms with Crippen LogP contribution in [0.3, 0.4) is 0 Å². The Bertz CT molecular complexity index is 876. The summed E-state index contributed by atoms with van der Waals surface area (Å²) in [5, 5.41) is 11.9. The summed E-state index contributed by atoms with van der Waals surface area (Å²) in [6, 6.07) is 9.72. The summed E-state index contributed by atoms with van der Waals surface area (Å²) in [6.45, 7) is 2.16. The molecule has 148 valence electrons. The zero-order valence-corrected chi connectivity index (χ0v) is 15.4. The van der Waals surface area contributed by atoms with Gasteiger partial charge in [0.15, 0.2) is 0 Å². The summed E-state index contributed by atoms with van der Waals surface area (Å²) < 4.78 is 33.2. The van der Waals surface area contributed by atoms with E-state index in [1.54, 1.807) is 31.2 Å². The molecule has 5 nitrogen and oxygen atoms in total. The summed E-state index contributed by atoms with van der Waals surface area (Å²) in [5.74, 6) is -3.47. The van der Waals surface area contributed by atoms with Crippen molar-refractivity contribution < 1.29 is 28.2 Å². The average Bonchev–Trinajstić information content (AvgIpc) is 2.68. The summed E-state index contributed by atoms with van der Waals surface area (Å²) >= 11 is 0. The average molecular weight is 389 g/mol. The fraction of sp³-hybridized carbons (Fsp3) is 0.333. The van der Waals surface area contributed by atoms with Crippen LogP contribution in [0.4, 0.5) is 14.5 Å². The second-order valence-corrected chi connectivity index (χ2v) is 6.95. The lowest BCUT2D eigenvalue weighted by Gasteiger charge is -2.36. The Morgan fingerprint density at radius 2 is 1.75 bits per heavy atom. The predicted molar refractivity (Wildman–Crippen MR) is 99.2 cm³/mol. The minimum Gasteiger partial charge on any atom is -0.481 e. The van der Waals surface area contributed by atoms with Crippen LogP contribution in [0.25, 0.3) is 0 Å². The van der Waals surface area contributed by atoms with Crippen molar-refractivity contribution >= 4 is 17.6 Å². The Balaban J connectivity index is 1.87. The van der Waals surface area contributed by atoms with Crippen LogP contribution >= 0.6 is 0 Å². The van der Waals surface area contributed by atoms with Crippen LogP contribution in [0.15, 0.2) is 42.5 Å². The molecule has 0 radical (unpaired) electrons. The molecule has 1 aliphatic heterocycles. The van der Waals surface area contributed by atoms with Crippen molar-refractivity contribution in [3.63, 3.8) is 0 Å². The van der Waals surface area contributed by atoms with Crippen molar-refractivity contribution in [3.8, 4) is 0 Å². The van der Waals surface area contributed by atoms with Gasteiger partial charge in [-0.25, -0.2) is 8.78 Å². The molecular formula is C21H21F2NO4. The summed E-state index contributed by atoms with van der Waals surface area (Å²) in [6.07, 6.45) is 0.547. The molecule has 1 fully saturated rings. The number of hydrogen-bond acceptors (Lipinski definition) is 3. The van der Waals surface area contributed by atoms with E-state index in [0.29, 0.717) is 24.5 Å². The van der Waals surface area contributed by atoms with Gasteiger partial charge in [-0.2, -0.15) is 0 Å². The maximum atomic E-state index is 14.5. The third-order valence-corrected chi connectivity index (χ3v) is 5.27. The van der Waals surface area contributed by atoms with E-state index in [0.717, 1.165) is 12.1 Å². The molecule has 0 aliphatic carbocycles. The predicted octanol–water partition coefficient (Wildman–Crippen LogP) is 3.84. The van der Waals surface area contributed by atoms with Gasteiger partial charge in [-0.3, -0.25) is 9.59 Å². The lowest BCUT2D eigenvalue weighted by Crippen LogP contribution is -2.45. The number of nitrogens with one attached hydrogen (secondary N) is 1. The van der Waals surface area contributed by atoms with Gasteiger partial charge in [-0.05, 0) is 43.5 Å². The summed E-state index contributed by atoms with van der Waals surface area (Å²) in [7, 11) is 0. The van der Waals surface area contributed by atoms with Gasteiger partial charge in [0.1, 0.15) is 11.6 Å². The molecule has 1 atom stereocenters. The van der Waals surface area contributed by atoms with Gasteiger partial charge in [0, 0.05) is 30.5 Å². The zero-order valence-electron chi connectivity index (χ0n) is 15.4. The molecule has 2 aromatic carbocycles.